The van der Waals surface area contributed by atoms with Gasteiger partial charge in [-0.25, -0.2) is 0 Å². The molecule has 2 unspecified atom stereocenters. The molecule has 0 spiro atoms. The number of benzene rings is 1. The highest BCUT2D eigenvalue weighted by Crippen LogP contribution is 2.33. The lowest BCUT2D eigenvalue weighted by Gasteiger charge is -2.29. The normalized spacial score (nSPS) is 24.0. The van der Waals surface area contributed by atoms with Crippen LogP contribution in [-0.2, 0) is 11.2 Å². The summed E-state index contributed by atoms with van der Waals surface area (Å²) < 4.78 is 6.07. The van der Waals surface area contributed by atoms with Crippen molar-refractivity contribution in [3.8, 4) is 0 Å². The Balaban J connectivity index is 1.56. The summed E-state index contributed by atoms with van der Waals surface area (Å²) in [6.07, 6.45) is 11.0. The summed E-state index contributed by atoms with van der Waals surface area (Å²) in [5, 5.41) is 3.52. The average molecular weight is 287 g/mol. The third-order valence-corrected chi connectivity index (χ3v) is 5.40. The van der Waals surface area contributed by atoms with Crippen molar-refractivity contribution in [3.05, 3.63) is 35.4 Å². The highest BCUT2D eigenvalue weighted by Gasteiger charge is 2.24. The van der Waals surface area contributed by atoms with Crippen LogP contribution in [0.5, 0.6) is 0 Å². The smallest absolute Gasteiger partial charge is 0.0842 e. The Hall–Kier alpha value is -0.860. The van der Waals surface area contributed by atoms with Crippen LogP contribution in [0.3, 0.4) is 0 Å². The second-order valence-corrected chi connectivity index (χ2v) is 6.76. The van der Waals surface area contributed by atoms with Crippen LogP contribution in [0.1, 0.15) is 62.2 Å². The maximum absolute atomic E-state index is 6.07. The van der Waals surface area contributed by atoms with Gasteiger partial charge in [-0.05, 0) is 49.8 Å². The molecular weight excluding hydrogens is 258 g/mol. The number of ether oxygens (including phenoxy) is 1. The Labute approximate surface area is 129 Å². The SMILES string of the molecule is CNC(CCC1CCCC1)CC1OCCc2ccccc21. The highest BCUT2D eigenvalue weighted by molar-refractivity contribution is 5.31. The van der Waals surface area contributed by atoms with Crippen molar-refractivity contribution < 1.29 is 4.74 Å². The van der Waals surface area contributed by atoms with Gasteiger partial charge in [0.25, 0.3) is 0 Å². The van der Waals surface area contributed by atoms with Crippen LogP contribution in [0, 0.1) is 5.92 Å². The Morgan fingerprint density at radius 2 is 2.05 bits per heavy atom. The van der Waals surface area contributed by atoms with Gasteiger partial charge in [-0.15, -0.1) is 0 Å². The van der Waals surface area contributed by atoms with Crippen molar-refractivity contribution in [2.75, 3.05) is 13.7 Å². The molecule has 1 fully saturated rings. The molecule has 1 aromatic carbocycles. The first-order chi connectivity index (χ1) is 10.4. The van der Waals surface area contributed by atoms with E-state index in [2.05, 4.69) is 36.6 Å². The van der Waals surface area contributed by atoms with Crippen molar-refractivity contribution in [1.29, 1.82) is 0 Å². The van der Waals surface area contributed by atoms with E-state index < -0.39 is 0 Å². The van der Waals surface area contributed by atoms with E-state index in [1.165, 1.54) is 49.7 Å². The molecule has 2 atom stereocenters. The molecule has 0 radical (unpaired) electrons. The van der Waals surface area contributed by atoms with E-state index in [-0.39, 0.29) is 6.10 Å². The summed E-state index contributed by atoms with van der Waals surface area (Å²) >= 11 is 0. The second kappa shape index (κ2) is 7.42. The molecule has 2 heteroatoms. The molecule has 2 nitrogen and oxygen atoms in total. The largest absolute Gasteiger partial charge is 0.373 e. The third kappa shape index (κ3) is 3.87. The van der Waals surface area contributed by atoms with Gasteiger partial charge in [0.05, 0.1) is 12.7 Å². The van der Waals surface area contributed by atoms with Crippen LogP contribution in [0.4, 0.5) is 0 Å². The Kier molecular flexibility index (Phi) is 5.32. The fraction of sp³-hybridized carbons (Fsp3) is 0.684. The van der Waals surface area contributed by atoms with E-state index in [0.29, 0.717) is 6.04 Å². The Morgan fingerprint density at radius 1 is 1.24 bits per heavy atom. The molecule has 0 saturated heterocycles. The molecule has 1 aromatic rings. The molecule has 0 bridgehead atoms. The summed E-state index contributed by atoms with van der Waals surface area (Å²) in [4.78, 5) is 0. The minimum atomic E-state index is 0.288. The van der Waals surface area contributed by atoms with Gasteiger partial charge in [-0.2, -0.15) is 0 Å². The van der Waals surface area contributed by atoms with Crippen molar-refractivity contribution >= 4 is 0 Å². The number of nitrogens with one attached hydrogen (secondary N) is 1. The fourth-order valence-corrected chi connectivity index (χ4v) is 4.05. The molecular formula is C19H29NO. The van der Waals surface area contributed by atoms with Crippen LogP contribution >= 0.6 is 0 Å². The molecule has 21 heavy (non-hydrogen) atoms. The van der Waals surface area contributed by atoms with Crippen molar-refractivity contribution in [3.63, 3.8) is 0 Å². The van der Waals surface area contributed by atoms with Crippen molar-refractivity contribution in [1.82, 2.24) is 5.32 Å². The van der Waals surface area contributed by atoms with E-state index in [1.54, 1.807) is 0 Å². The maximum Gasteiger partial charge on any atom is 0.0842 e. The lowest BCUT2D eigenvalue weighted by Crippen LogP contribution is -2.30. The van der Waals surface area contributed by atoms with Crippen LogP contribution in [0.25, 0.3) is 0 Å². The first kappa shape index (κ1) is 15.1. The third-order valence-electron chi connectivity index (χ3n) is 5.40. The molecule has 116 valence electrons. The summed E-state index contributed by atoms with van der Waals surface area (Å²) in [5.41, 5.74) is 2.91. The standard InChI is InChI=1S/C19H29NO/c1-20-17(11-10-15-6-2-3-7-15)14-19-18-9-5-4-8-16(18)12-13-21-19/h4-5,8-9,15,17,19-20H,2-3,6-7,10-14H2,1H3. The highest BCUT2D eigenvalue weighted by atomic mass is 16.5. The maximum atomic E-state index is 6.07. The van der Waals surface area contributed by atoms with Gasteiger partial charge >= 0.3 is 0 Å². The first-order valence-electron chi connectivity index (χ1n) is 8.73. The van der Waals surface area contributed by atoms with Gasteiger partial charge in [0.1, 0.15) is 0 Å². The second-order valence-electron chi connectivity index (χ2n) is 6.76. The van der Waals surface area contributed by atoms with Crippen LogP contribution < -0.4 is 5.32 Å². The van der Waals surface area contributed by atoms with Crippen molar-refractivity contribution in [2.24, 2.45) is 5.92 Å². The van der Waals surface area contributed by atoms with E-state index in [9.17, 15) is 0 Å². The zero-order valence-corrected chi connectivity index (χ0v) is 13.3. The Bertz CT molecular complexity index is 439. The quantitative estimate of drug-likeness (QED) is 0.844. The van der Waals surface area contributed by atoms with Crippen LogP contribution in [0.2, 0.25) is 0 Å². The zero-order chi connectivity index (χ0) is 14.5. The molecule has 1 aliphatic heterocycles. The summed E-state index contributed by atoms with van der Waals surface area (Å²) in [5.74, 6) is 0.986. The number of hydrogen-bond donors (Lipinski definition) is 1. The Morgan fingerprint density at radius 3 is 2.86 bits per heavy atom. The van der Waals surface area contributed by atoms with Crippen molar-refractivity contribution in [2.45, 2.75) is 63.5 Å². The van der Waals surface area contributed by atoms with Crippen LogP contribution in [-0.4, -0.2) is 19.7 Å². The number of hydrogen-bond acceptors (Lipinski definition) is 2. The summed E-state index contributed by atoms with van der Waals surface area (Å²) in [6, 6.07) is 9.40. The molecule has 1 heterocycles. The van der Waals surface area contributed by atoms with Gasteiger partial charge in [-0.3, -0.25) is 0 Å². The summed E-state index contributed by atoms with van der Waals surface area (Å²) in [6.45, 7) is 0.876. The summed E-state index contributed by atoms with van der Waals surface area (Å²) in [7, 11) is 2.11. The lowest BCUT2D eigenvalue weighted by molar-refractivity contribution is 0.0289. The molecule has 3 rings (SSSR count). The minimum absolute atomic E-state index is 0.288. The molecule has 0 aromatic heterocycles. The molecule has 2 aliphatic rings. The molecule has 0 amide bonds. The molecule has 1 N–H and O–H groups in total. The predicted molar refractivity (Wildman–Crippen MR) is 87.5 cm³/mol. The fourth-order valence-electron chi connectivity index (χ4n) is 4.05. The van der Waals surface area contributed by atoms with E-state index in [4.69, 9.17) is 4.74 Å². The van der Waals surface area contributed by atoms with E-state index >= 15 is 0 Å². The first-order valence-corrected chi connectivity index (χ1v) is 8.73. The number of rotatable bonds is 6. The predicted octanol–water partition coefficient (Wildman–Crippen LogP) is 4.25. The minimum Gasteiger partial charge on any atom is -0.373 e. The number of fused-ring (bicyclic) bond motifs is 1. The van der Waals surface area contributed by atoms with Gasteiger partial charge in [0.15, 0.2) is 0 Å². The van der Waals surface area contributed by atoms with Gasteiger partial charge < -0.3 is 10.1 Å². The van der Waals surface area contributed by atoms with Gasteiger partial charge in [0.2, 0.25) is 0 Å². The monoisotopic (exact) mass is 287 g/mol. The van der Waals surface area contributed by atoms with Gasteiger partial charge in [-0.1, -0.05) is 49.9 Å². The zero-order valence-electron chi connectivity index (χ0n) is 13.3. The lowest BCUT2D eigenvalue weighted by atomic mass is 9.90. The topological polar surface area (TPSA) is 21.3 Å². The van der Waals surface area contributed by atoms with Gasteiger partial charge in [0, 0.05) is 6.04 Å². The molecule has 1 aliphatic carbocycles. The van der Waals surface area contributed by atoms with E-state index in [0.717, 1.165) is 25.4 Å². The molecule has 1 saturated carbocycles. The average Bonchev–Trinajstić information content (AvgIpc) is 3.05. The van der Waals surface area contributed by atoms with Crippen LogP contribution in [0.15, 0.2) is 24.3 Å². The van der Waals surface area contributed by atoms with E-state index in [1.807, 2.05) is 0 Å².